The molecule has 0 saturated carbocycles. The van der Waals surface area contributed by atoms with Crippen molar-refractivity contribution in [3.05, 3.63) is 95.3 Å². The van der Waals surface area contributed by atoms with E-state index in [1.165, 1.54) is 11.2 Å². The topological polar surface area (TPSA) is 97.3 Å². The first kappa shape index (κ1) is 22.5. The fourth-order valence-electron chi connectivity index (χ4n) is 4.45. The van der Waals surface area contributed by atoms with Crippen LogP contribution in [-0.2, 0) is 16.1 Å². The van der Waals surface area contributed by atoms with E-state index in [0.29, 0.717) is 40.7 Å². The first-order valence-corrected chi connectivity index (χ1v) is 11.5. The molecule has 1 unspecified atom stereocenters. The third-order valence-electron chi connectivity index (χ3n) is 6.04. The van der Waals surface area contributed by atoms with E-state index in [2.05, 4.69) is 4.98 Å². The number of fused-ring (bicyclic) bond motifs is 1. The number of Topliss-reactive ketones (excluding diaryl/α,β-unsaturated/α-hetero) is 1. The number of aromatic nitrogens is 2. The van der Waals surface area contributed by atoms with Crippen molar-refractivity contribution in [3.8, 4) is 5.75 Å². The number of pyridine rings is 1. The Balaban J connectivity index is 1.66. The smallest absolute Gasteiger partial charge is 0.296 e. The van der Waals surface area contributed by atoms with Crippen molar-refractivity contribution in [3.63, 3.8) is 0 Å². The van der Waals surface area contributed by atoms with Gasteiger partial charge in [0.25, 0.3) is 11.7 Å². The van der Waals surface area contributed by atoms with Gasteiger partial charge in [-0.05, 0) is 55.3 Å². The zero-order chi connectivity index (χ0) is 24.5. The van der Waals surface area contributed by atoms with Crippen LogP contribution in [0.1, 0.15) is 42.1 Å². The summed E-state index contributed by atoms with van der Waals surface area (Å²) >= 11 is 0. The van der Waals surface area contributed by atoms with Crippen molar-refractivity contribution < 1.29 is 23.8 Å². The van der Waals surface area contributed by atoms with Gasteiger partial charge >= 0.3 is 0 Å². The molecule has 1 atom stereocenters. The number of aliphatic hydroxyl groups excluding tert-OH is 1. The number of hydrogen-bond donors (Lipinski definition) is 1. The number of nitrogens with zero attached hydrogens (tertiary/aromatic N) is 3. The maximum absolute atomic E-state index is 13.3. The number of likely N-dealkylation sites (tertiary alicyclic amines) is 1. The van der Waals surface area contributed by atoms with E-state index >= 15 is 0 Å². The lowest BCUT2D eigenvalue weighted by molar-refractivity contribution is -0.140. The number of benzene rings is 1. The van der Waals surface area contributed by atoms with Crippen LogP contribution in [-0.4, -0.2) is 37.7 Å². The average Bonchev–Trinajstić information content (AvgIpc) is 3.56. The Morgan fingerprint density at radius 3 is 2.63 bits per heavy atom. The Hall–Kier alpha value is -4.33. The van der Waals surface area contributed by atoms with Crippen LogP contribution in [0, 0.1) is 6.92 Å². The highest BCUT2D eigenvalue weighted by molar-refractivity contribution is 6.46. The fourth-order valence-corrected chi connectivity index (χ4v) is 4.45. The van der Waals surface area contributed by atoms with Crippen molar-refractivity contribution in [2.75, 3.05) is 6.61 Å². The van der Waals surface area contributed by atoms with Gasteiger partial charge in [-0.3, -0.25) is 14.0 Å². The van der Waals surface area contributed by atoms with Crippen LogP contribution >= 0.6 is 0 Å². The van der Waals surface area contributed by atoms with Gasteiger partial charge in [0.2, 0.25) is 0 Å². The second-order valence-corrected chi connectivity index (χ2v) is 8.40. The summed E-state index contributed by atoms with van der Waals surface area (Å²) in [5, 5.41) is 11.5. The standard InChI is InChI=1S/C27H25N3O5/c1-3-14-34-19-11-9-18(10-12-19)24-22(26(32)27(33)30(24)16-20-7-6-15-35-20)25(31)23-17(2)28-21-8-4-5-13-29(21)23/h4-13,15,24,31H,3,14,16H2,1-2H3/b25-22+. The molecule has 1 fully saturated rings. The van der Waals surface area contributed by atoms with Crippen molar-refractivity contribution >= 4 is 23.1 Å². The Kier molecular flexibility index (Phi) is 5.86. The van der Waals surface area contributed by atoms with Crippen LogP contribution in [0.25, 0.3) is 11.4 Å². The quantitative estimate of drug-likeness (QED) is 0.239. The molecular formula is C27H25N3O5. The van der Waals surface area contributed by atoms with Crippen molar-refractivity contribution in [2.24, 2.45) is 0 Å². The molecule has 1 aromatic carbocycles. The molecule has 5 rings (SSSR count). The normalized spacial score (nSPS) is 17.4. The lowest BCUT2D eigenvalue weighted by Gasteiger charge is -2.24. The molecule has 0 spiro atoms. The highest BCUT2D eigenvalue weighted by Gasteiger charge is 2.47. The molecule has 4 heterocycles. The van der Waals surface area contributed by atoms with E-state index in [1.54, 1.807) is 41.8 Å². The number of aryl methyl sites for hydroxylation is 1. The van der Waals surface area contributed by atoms with E-state index in [-0.39, 0.29) is 17.9 Å². The number of aliphatic hydroxyl groups is 1. The van der Waals surface area contributed by atoms with Crippen molar-refractivity contribution in [2.45, 2.75) is 32.9 Å². The van der Waals surface area contributed by atoms with Crippen molar-refractivity contribution in [1.82, 2.24) is 14.3 Å². The maximum atomic E-state index is 13.3. The van der Waals surface area contributed by atoms with Gasteiger partial charge < -0.3 is 19.2 Å². The molecular weight excluding hydrogens is 446 g/mol. The minimum absolute atomic E-state index is 0.0116. The number of hydrogen-bond acceptors (Lipinski definition) is 6. The van der Waals surface area contributed by atoms with Gasteiger partial charge in [0.15, 0.2) is 5.76 Å². The van der Waals surface area contributed by atoms with E-state index in [4.69, 9.17) is 9.15 Å². The van der Waals surface area contributed by atoms with Crippen LogP contribution in [0.2, 0.25) is 0 Å². The third-order valence-corrected chi connectivity index (χ3v) is 6.04. The number of imidazole rings is 1. The number of furan rings is 1. The van der Waals surface area contributed by atoms with Gasteiger partial charge in [-0.15, -0.1) is 0 Å². The number of ketones is 1. The summed E-state index contributed by atoms with van der Waals surface area (Å²) < 4.78 is 12.9. The summed E-state index contributed by atoms with van der Waals surface area (Å²) in [5.41, 5.74) is 2.24. The highest BCUT2D eigenvalue weighted by atomic mass is 16.5. The van der Waals surface area contributed by atoms with Gasteiger partial charge in [-0.25, -0.2) is 4.98 Å². The average molecular weight is 472 g/mol. The van der Waals surface area contributed by atoms with Crippen LogP contribution < -0.4 is 4.74 Å². The number of carbonyl (C=O) groups is 2. The van der Waals surface area contributed by atoms with Gasteiger partial charge in [-0.2, -0.15) is 0 Å². The van der Waals surface area contributed by atoms with E-state index in [1.807, 2.05) is 37.3 Å². The predicted molar refractivity (Wildman–Crippen MR) is 129 cm³/mol. The van der Waals surface area contributed by atoms with E-state index in [9.17, 15) is 14.7 Å². The summed E-state index contributed by atoms with van der Waals surface area (Å²) in [6.07, 6.45) is 4.16. The highest BCUT2D eigenvalue weighted by Crippen LogP contribution is 2.41. The van der Waals surface area contributed by atoms with E-state index < -0.39 is 17.7 Å². The first-order chi connectivity index (χ1) is 17.0. The molecule has 1 N–H and O–H groups in total. The second-order valence-electron chi connectivity index (χ2n) is 8.40. The fraction of sp³-hybridized carbons (Fsp3) is 0.222. The summed E-state index contributed by atoms with van der Waals surface area (Å²) in [7, 11) is 0. The van der Waals surface area contributed by atoms with Crippen LogP contribution in [0.3, 0.4) is 0 Å². The molecule has 35 heavy (non-hydrogen) atoms. The largest absolute Gasteiger partial charge is 0.505 e. The van der Waals surface area contributed by atoms with E-state index in [0.717, 1.165) is 6.42 Å². The molecule has 1 aliphatic heterocycles. The SMILES string of the molecule is CCCOc1ccc(C2/C(=C(\O)c3c(C)nc4ccccn34)C(=O)C(=O)N2Cc2ccco2)cc1. The molecule has 8 heteroatoms. The number of carbonyl (C=O) groups excluding carboxylic acids is 2. The molecule has 0 aliphatic carbocycles. The second kappa shape index (κ2) is 9.13. The molecule has 1 amide bonds. The summed E-state index contributed by atoms with van der Waals surface area (Å²) in [6, 6.07) is 15.4. The zero-order valence-electron chi connectivity index (χ0n) is 19.5. The van der Waals surface area contributed by atoms with Crippen molar-refractivity contribution in [1.29, 1.82) is 0 Å². The Morgan fingerprint density at radius 1 is 1.11 bits per heavy atom. The first-order valence-electron chi connectivity index (χ1n) is 11.5. The molecule has 0 bridgehead atoms. The monoisotopic (exact) mass is 471 g/mol. The minimum atomic E-state index is -0.811. The summed E-state index contributed by atoms with van der Waals surface area (Å²) in [5.74, 6) is -0.499. The van der Waals surface area contributed by atoms with Gasteiger partial charge in [0, 0.05) is 6.20 Å². The van der Waals surface area contributed by atoms with Crippen LogP contribution in [0.5, 0.6) is 5.75 Å². The lowest BCUT2D eigenvalue weighted by atomic mass is 9.96. The van der Waals surface area contributed by atoms with Gasteiger partial charge in [0.05, 0.1) is 36.7 Å². The predicted octanol–water partition coefficient (Wildman–Crippen LogP) is 4.65. The van der Waals surface area contributed by atoms with Crippen LogP contribution in [0.15, 0.2) is 77.0 Å². The minimum Gasteiger partial charge on any atom is -0.505 e. The number of ether oxygens (including phenoxy) is 1. The molecule has 1 saturated heterocycles. The summed E-state index contributed by atoms with van der Waals surface area (Å²) in [4.78, 5) is 32.4. The van der Waals surface area contributed by atoms with Gasteiger partial charge in [-0.1, -0.05) is 25.1 Å². The van der Waals surface area contributed by atoms with Crippen LogP contribution in [0.4, 0.5) is 0 Å². The van der Waals surface area contributed by atoms with Gasteiger partial charge in [0.1, 0.15) is 22.9 Å². The lowest BCUT2D eigenvalue weighted by Crippen LogP contribution is -2.29. The number of amides is 1. The molecule has 3 aromatic heterocycles. The Morgan fingerprint density at radius 2 is 1.91 bits per heavy atom. The Bertz CT molecular complexity index is 1420. The molecule has 4 aromatic rings. The zero-order valence-corrected chi connectivity index (χ0v) is 19.5. The molecule has 178 valence electrons. The molecule has 1 aliphatic rings. The maximum Gasteiger partial charge on any atom is 0.296 e. The Labute approximate surface area is 202 Å². The molecule has 0 radical (unpaired) electrons. The number of rotatable bonds is 7. The summed E-state index contributed by atoms with van der Waals surface area (Å²) in [6.45, 7) is 4.46. The molecule has 8 nitrogen and oxygen atoms in total. The third kappa shape index (κ3) is 3.97.